The van der Waals surface area contributed by atoms with Crippen molar-refractivity contribution in [1.29, 1.82) is 5.26 Å². The lowest BCUT2D eigenvalue weighted by molar-refractivity contribution is -0.113. The van der Waals surface area contributed by atoms with Crippen molar-refractivity contribution in [3.05, 3.63) is 45.8 Å². The molecule has 5 nitrogen and oxygen atoms in total. The maximum absolute atomic E-state index is 12.4. The number of aryl methyl sites for hydroxylation is 1. The van der Waals surface area contributed by atoms with Crippen molar-refractivity contribution in [2.24, 2.45) is 5.92 Å². The molecule has 0 bridgehead atoms. The molecule has 0 saturated heterocycles. The van der Waals surface area contributed by atoms with Gasteiger partial charge in [-0.3, -0.25) is 4.79 Å². The number of hydrogen-bond donors (Lipinski definition) is 1. The Balaban J connectivity index is 1.78. The van der Waals surface area contributed by atoms with Crippen LogP contribution in [0, 0.1) is 24.2 Å². The van der Waals surface area contributed by atoms with Gasteiger partial charge in [0.2, 0.25) is 5.91 Å². The molecular weight excluding hydrogens is 368 g/mol. The molecule has 0 fully saturated rings. The van der Waals surface area contributed by atoms with Gasteiger partial charge in [0, 0.05) is 4.88 Å². The van der Waals surface area contributed by atoms with Gasteiger partial charge in [0.1, 0.15) is 16.8 Å². The standard InChI is InChI=1S/C19H20N2O3S2/c1-12-3-6-14(7-4-12)26(23,24)11-18(22)21-19-16(10-20)15-8-5-13(2)9-17(15)25-19/h3-4,6-7,13H,5,8-9,11H2,1-2H3,(H,21,22)/t13-/m0/s1. The maximum Gasteiger partial charge on any atom is 0.240 e. The van der Waals surface area contributed by atoms with Crippen LogP contribution in [0.25, 0.3) is 0 Å². The van der Waals surface area contributed by atoms with Gasteiger partial charge in [0.15, 0.2) is 9.84 Å². The molecule has 3 rings (SSSR count). The van der Waals surface area contributed by atoms with Gasteiger partial charge in [-0.25, -0.2) is 8.42 Å². The molecule has 26 heavy (non-hydrogen) atoms. The van der Waals surface area contributed by atoms with Gasteiger partial charge < -0.3 is 5.32 Å². The van der Waals surface area contributed by atoms with Crippen LogP contribution in [0.3, 0.4) is 0 Å². The summed E-state index contributed by atoms with van der Waals surface area (Å²) in [5, 5.41) is 12.6. The van der Waals surface area contributed by atoms with Crippen molar-refractivity contribution >= 4 is 32.1 Å². The molecule has 7 heteroatoms. The summed E-state index contributed by atoms with van der Waals surface area (Å²) in [6.07, 6.45) is 2.74. The summed E-state index contributed by atoms with van der Waals surface area (Å²) in [7, 11) is -3.72. The fraction of sp³-hybridized carbons (Fsp3) is 0.368. The van der Waals surface area contributed by atoms with E-state index in [0.29, 0.717) is 16.5 Å². The number of carbonyl (C=O) groups excluding carboxylic acids is 1. The highest BCUT2D eigenvalue weighted by Gasteiger charge is 2.26. The van der Waals surface area contributed by atoms with Gasteiger partial charge >= 0.3 is 0 Å². The number of amides is 1. The third-order valence-corrected chi connectivity index (χ3v) is 7.38. The molecule has 1 amide bonds. The zero-order chi connectivity index (χ0) is 18.9. The van der Waals surface area contributed by atoms with Crippen molar-refractivity contribution in [3.8, 4) is 6.07 Å². The van der Waals surface area contributed by atoms with E-state index in [2.05, 4.69) is 18.3 Å². The maximum atomic E-state index is 12.4. The highest BCUT2D eigenvalue weighted by Crippen LogP contribution is 2.39. The number of nitrogens with zero attached hydrogens (tertiary/aromatic N) is 1. The van der Waals surface area contributed by atoms with E-state index in [4.69, 9.17) is 0 Å². The number of hydrogen-bond acceptors (Lipinski definition) is 5. The van der Waals surface area contributed by atoms with Crippen LogP contribution in [0.2, 0.25) is 0 Å². The zero-order valence-electron chi connectivity index (χ0n) is 14.7. The monoisotopic (exact) mass is 388 g/mol. The zero-order valence-corrected chi connectivity index (χ0v) is 16.3. The Kier molecular flexibility index (Phi) is 5.17. The molecule has 1 aliphatic carbocycles. The normalized spacial score (nSPS) is 16.6. The third-order valence-electron chi connectivity index (χ3n) is 4.58. The van der Waals surface area contributed by atoms with E-state index in [9.17, 15) is 18.5 Å². The lowest BCUT2D eigenvalue weighted by Crippen LogP contribution is -2.23. The van der Waals surface area contributed by atoms with Crippen LogP contribution in [0.1, 0.15) is 34.9 Å². The minimum absolute atomic E-state index is 0.123. The molecule has 1 atom stereocenters. The van der Waals surface area contributed by atoms with Gasteiger partial charge in [0.25, 0.3) is 0 Å². The highest BCUT2D eigenvalue weighted by atomic mass is 32.2. The number of nitrogens with one attached hydrogen (secondary N) is 1. The van der Waals surface area contributed by atoms with E-state index < -0.39 is 21.5 Å². The summed E-state index contributed by atoms with van der Waals surface area (Å²) in [6.45, 7) is 4.03. The number of anilines is 1. The van der Waals surface area contributed by atoms with Gasteiger partial charge in [0.05, 0.1) is 10.5 Å². The van der Waals surface area contributed by atoms with Crippen LogP contribution in [-0.4, -0.2) is 20.1 Å². The first-order chi connectivity index (χ1) is 12.3. The van der Waals surface area contributed by atoms with Crippen LogP contribution in [-0.2, 0) is 27.5 Å². The first-order valence-electron chi connectivity index (χ1n) is 8.44. The number of thiophene rings is 1. The van der Waals surface area contributed by atoms with Gasteiger partial charge in [-0.15, -0.1) is 11.3 Å². The topological polar surface area (TPSA) is 87.0 Å². The molecule has 0 unspecified atom stereocenters. The minimum atomic E-state index is -3.72. The fourth-order valence-electron chi connectivity index (χ4n) is 3.12. The molecule has 1 aromatic heterocycles. The second-order valence-corrected chi connectivity index (χ2v) is 9.88. The Labute approximate surface area is 157 Å². The van der Waals surface area contributed by atoms with E-state index in [1.807, 2.05) is 6.92 Å². The molecule has 0 aliphatic heterocycles. The first-order valence-corrected chi connectivity index (χ1v) is 10.9. The predicted molar refractivity (Wildman–Crippen MR) is 102 cm³/mol. The Morgan fingerprint density at radius 1 is 1.35 bits per heavy atom. The molecule has 0 spiro atoms. The lowest BCUT2D eigenvalue weighted by Gasteiger charge is -2.17. The van der Waals surface area contributed by atoms with Crippen LogP contribution in [0.5, 0.6) is 0 Å². The molecule has 1 N–H and O–H groups in total. The molecule has 0 radical (unpaired) electrons. The molecule has 1 aromatic carbocycles. The summed E-state index contributed by atoms with van der Waals surface area (Å²) < 4.78 is 24.8. The molecule has 136 valence electrons. The predicted octanol–water partition coefficient (Wildman–Crippen LogP) is 3.47. The number of sulfone groups is 1. The smallest absolute Gasteiger partial charge is 0.240 e. The van der Waals surface area contributed by atoms with Crippen molar-refractivity contribution in [3.63, 3.8) is 0 Å². The average Bonchev–Trinajstić information content (AvgIpc) is 2.90. The summed E-state index contributed by atoms with van der Waals surface area (Å²) in [6, 6.07) is 8.58. The number of carbonyl (C=O) groups is 1. The fourth-order valence-corrected chi connectivity index (χ4v) is 5.63. The Hall–Kier alpha value is -2.17. The van der Waals surface area contributed by atoms with Crippen LogP contribution in [0.15, 0.2) is 29.2 Å². The van der Waals surface area contributed by atoms with Crippen molar-refractivity contribution in [2.75, 3.05) is 11.1 Å². The Bertz CT molecular complexity index is 983. The van der Waals surface area contributed by atoms with E-state index >= 15 is 0 Å². The van der Waals surface area contributed by atoms with Gasteiger partial charge in [-0.1, -0.05) is 24.6 Å². The number of benzene rings is 1. The quantitative estimate of drug-likeness (QED) is 0.869. The molecular formula is C19H20N2O3S2. The van der Waals surface area contributed by atoms with Crippen LogP contribution < -0.4 is 5.32 Å². The van der Waals surface area contributed by atoms with Gasteiger partial charge in [-0.2, -0.15) is 5.26 Å². The van der Waals surface area contributed by atoms with E-state index in [1.165, 1.54) is 23.5 Å². The molecule has 2 aromatic rings. The number of rotatable bonds is 4. The highest BCUT2D eigenvalue weighted by molar-refractivity contribution is 7.92. The summed E-state index contributed by atoms with van der Waals surface area (Å²) >= 11 is 1.39. The first kappa shape index (κ1) is 18.6. The summed E-state index contributed by atoms with van der Waals surface area (Å²) in [5.41, 5.74) is 2.44. The molecule has 1 aliphatic rings. The largest absolute Gasteiger partial charge is 0.316 e. The van der Waals surface area contributed by atoms with Crippen LogP contribution >= 0.6 is 11.3 Å². The number of nitriles is 1. The Morgan fingerprint density at radius 3 is 2.69 bits per heavy atom. The average molecular weight is 389 g/mol. The lowest BCUT2D eigenvalue weighted by atomic mass is 9.89. The second kappa shape index (κ2) is 7.22. The van der Waals surface area contributed by atoms with Gasteiger partial charge in [-0.05, 0) is 49.8 Å². The SMILES string of the molecule is Cc1ccc(S(=O)(=O)CC(=O)Nc2sc3c(c2C#N)CC[C@H](C)C3)cc1. The third kappa shape index (κ3) is 3.81. The summed E-state index contributed by atoms with van der Waals surface area (Å²) in [4.78, 5) is 13.6. The van der Waals surface area contributed by atoms with Crippen molar-refractivity contribution < 1.29 is 13.2 Å². The van der Waals surface area contributed by atoms with Crippen molar-refractivity contribution in [1.82, 2.24) is 0 Å². The van der Waals surface area contributed by atoms with Crippen molar-refractivity contribution in [2.45, 2.75) is 38.0 Å². The number of fused-ring (bicyclic) bond motifs is 1. The van der Waals surface area contributed by atoms with E-state index in [0.717, 1.165) is 35.3 Å². The molecule has 1 heterocycles. The summed E-state index contributed by atoms with van der Waals surface area (Å²) in [5.74, 6) is -0.702. The molecule has 0 saturated carbocycles. The van der Waals surface area contributed by atoms with E-state index in [1.54, 1.807) is 12.1 Å². The van der Waals surface area contributed by atoms with Crippen LogP contribution in [0.4, 0.5) is 5.00 Å². The minimum Gasteiger partial charge on any atom is -0.316 e. The Morgan fingerprint density at radius 2 is 2.04 bits per heavy atom. The van der Waals surface area contributed by atoms with E-state index in [-0.39, 0.29) is 4.90 Å². The second-order valence-electron chi connectivity index (χ2n) is 6.79.